The SMILES string of the molecule is CC[C@@H](Nc1c(NC2=CSC(S(=O)(=O)N(C)CC)C2=O)c(=O)c1=O)c1cc(C)co1. The molecule has 0 spiro atoms. The van der Waals surface area contributed by atoms with Crippen molar-refractivity contribution in [3.05, 3.63) is 55.2 Å². The molecule has 0 fully saturated rings. The monoisotopic (exact) mass is 453 g/mol. The van der Waals surface area contributed by atoms with Crippen LogP contribution in [0.25, 0.3) is 0 Å². The number of sulfonamides is 1. The van der Waals surface area contributed by atoms with Gasteiger partial charge in [-0.25, -0.2) is 12.7 Å². The van der Waals surface area contributed by atoms with Crippen LogP contribution in [0.15, 0.2) is 37.4 Å². The van der Waals surface area contributed by atoms with Gasteiger partial charge in [-0.2, -0.15) is 0 Å². The highest BCUT2D eigenvalue weighted by atomic mass is 32.3. The highest BCUT2D eigenvalue weighted by Gasteiger charge is 2.41. The molecule has 1 aliphatic heterocycles. The molecule has 0 bridgehead atoms. The van der Waals surface area contributed by atoms with E-state index in [1.54, 1.807) is 13.2 Å². The molecule has 0 amide bonds. The van der Waals surface area contributed by atoms with Gasteiger partial charge >= 0.3 is 0 Å². The first-order valence-electron chi connectivity index (χ1n) is 9.38. The van der Waals surface area contributed by atoms with Gasteiger partial charge in [0.15, 0.2) is 4.58 Å². The summed E-state index contributed by atoms with van der Waals surface area (Å²) in [7, 11) is -2.43. The van der Waals surface area contributed by atoms with Crippen LogP contribution in [-0.2, 0) is 14.8 Å². The van der Waals surface area contributed by atoms with Gasteiger partial charge in [0.25, 0.3) is 10.9 Å². The number of carbonyl (C=O) groups is 1. The number of allylic oxidation sites excluding steroid dienone is 1. The summed E-state index contributed by atoms with van der Waals surface area (Å²) in [5.74, 6) is -0.0394. The van der Waals surface area contributed by atoms with Gasteiger partial charge in [0.2, 0.25) is 15.8 Å². The molecule has 162 valence electrons. The molecule has 2 N–H and O–H groups in total. The molecule has 11 heteroatoms. The highest BCUT2D eigenvalue weighted by molar-refractivity contribution is 8.16. The molecule has 0 radical (unpaired) electrons. The molecule has 2 atom stereocenters. The Morgan fingerprint density at radius 2 is 1.87 bits per heavy atom. The number of rotatable bonds is 9. The van der Waals surface area contributed by atoms with Crippen LogP contribution >= 0.6 is 11.8 Å². The molecule has 1 aromatic carbocycles. The molecule has 1 aromatic heterocycles. The zero-order valence-corrected chi connectivity index (χ0v) is 18.6. The Morgan fingerprint density at radius 1 is 1.20 bits per heavy atom. The lowest BCUT2D eigenvalue weighted by Crippen LogP contribution is -2.40. The number of thioether (sulfide) groups is 1. The second kappa shape index (κ2) is 8.40. The third kappa shape index (κ3) is 3.84. The molecule has 1 unspecified atom stereocenters. The van der Waals surface area contributed by atoms with E-state index in [4.69, 9.17) is 4.42 Å². The topological polar surface area (TPSA) is 126 Å². The fourth-order valence-corrected chi connectivity index (χ4v) is 5.92. The van der Waals surface area contributed by atoms with Crippen molar-refractivity contribution in [2.24, 2.45) is 0 Å². The molecule has 9 nitrogen and oxygen atoms in total. The van der Waals surface area contributed by atoms with Gasteiger partial charge in [-0.3, -0.25) is 14.4 Å². The normalized spacial score (nSPS) is 18.1. The Balaban J connectivity index is 1.79. The summed E-state index contributed by atoms with van der Waals surface area (Å²) in [6.45, 7) is 5.67. The van der Waals surface area contributed by atoms with Crippen LogP contribution in [0.5, 0.6) is 0 Å². The molecule has 30 heavy (non-hydrogen) atoms. The van der Waals surface area contributed by atoms with Gasteiger partial charge in [-0.1, -0.05) is 13.8 Å². The van der Waals surface area contributed by atoms with Crippen molar-refractivity contribution < 1.29 is 17.6 Å². The first-order chi connectivity index (χ1) is 14.1. The molecule has 2 heterocycles. The molecule has 3 rings (SSSR count). The summed E-state index contributed by atoms with van der Waals surface area (Å²) in [6, 6.07) is 1.50. The maximum absolute atomic E-state index is 12.6. The second-order valence-corrected chi connectivity index (χ2v) is 10.4. The van der Waals surface area contributed by atoms with Gasteiger partial charge in [-0.05, 0) is 30.4 Å². The van der Waals surface area contributed by atoms with Crippen molar-refractivity contribution in [1.29, 1.82) is 0 Å². The number of carbonyl (C=O) groups excluding carboxylic acids is 1. The minimum Gasteiger partial charge on any atom is -0.467 e. The fourth-order valence-electron chi connectivity index (χ4n) is 2.98. The van der Waals surface area contributed by atoms with E-state index in [9.17, 15) is 22.8 Å². The second-order valence-electron chi connectivity index (χ2n) is 6.99. The predicted molar refractivity (Wildman–Crippen MR) is 117 cm³/mol. The van der Waals surface area contributed by atoms with Crippen molar-refractivity contribution in [3.63, 3.8) is 0 Å². The lowest BCUT2D eigenvalue weighted by atomic mass is 10.1. The van der Waals surface area contributed by atoms with Gasteiger partial charge < -0.3 is 15.1 Å². The Morgan fingerprint density at radius 3 is 2.43 bits per heavy atom. The number of aryl methyl sites for hydroxylation is 1. The van der Waals surface area contributed by atoms with Crippen LogP contribution in [-0.4, -0.2) is 36.7 Å². The predicted octanol–water partition coefficient (Wildman–Crippen LogP) is 1.92. The standard InChI is InChI=1S/C19H23N3O6S2/c1-5-11(13-7-10(3)8-28-13)20-14-15(18(25)17(14)24)21-12-9-29-19(16(12)23)30(26,27)22(4)6-2/h7-9,11,19-21H,5-6H2,1-4H3/t11-,19?/m1/s1. The van der Waals surface area contributed by atoms with E-state index in [-0.39, 0.29) is 29.7 Å². The smallest absolute Gasteiger partial charge is 0.253 e. The van der Waals surface area contributed by atoms with E-state index in [0.29, 0.717) is 12.2 Å². The third-order valence-electron chi connectivity index (χ3n) is 4.93. The maximum Gasteiger partial charge on any atom is 0.253 e. The quantitative estimate of drug-likeness (QED) is 0.548. The van der Waals surface area contributed by atoms with Crippen molar-refractivity contribution in [3.8, 4) is 0 Å². The van der Waals surface area contributed by atoms with E-state index < -0.39 is 31.2 Å². The zero-order chi connectivity index (χ0) is 22.2. The Kier molecular flexibility index (Phi) is 6.25. The largest absolute Gasteiger partial charge is 0.467 e. The van der Waals surface area contributed by atoms with Crippen LogP contribution in [0.3, 0.4) is 0 Å². The van der Waals surface area contributed by atoms with Gasteiger partial charge in [0.1, 0.15) is 17.1 Å². The number of hydrogen-bond donors (Lipinski definition) is 2. The third-order valence-corrected chi connectivity index (χ3v) is 8.71. The van der Waals surface area contributed by atoms with Crippen LogP contribution < -0.4 is 21.5 Å². The summed E-state index contributed by atoms with van der Waals surface area (Å²) >= 11 is 0.849. The van der Waals surface area contributed by atoms with Crippen molar-refractivity contribution in [2.45, 2.75) is 37.8 Å². The van der Waals surface area contributed by atoms with Crippen LogP contribution in [0.2, 0.25) is 0 Å². The zero-order valence-electron chi connectivity index (χ0n) is 17.0. The lowest BCUT2D eigenvalue weighted by molar-refractivity contribution is -0.113. The van der Waals surface area contributed by atoms with Gasteiger partial charge in [0.05, 0.1) is 18.0 Å². The lowest BCUT2D eigenvalue weighted by Gasteiger charge is -2.21. The van der Waals surface area contributed by atoms with E-state index in [0.717, 1.165) is 21.6 Å². The summed E-state index contributed by atoms with van der Waals surface area (Å²) < 4.78 is 30.2. The Bertz CT molecular complexity index is 1170. The summed E-state index contributed by atoms with van der Waals surface area (Å²) in [5, 5.41) is 7.03. The van der Waals surface area contributed by atoms with Crippen molar-refractivity contribution in [1.82, 2.24) is 4.31 Å². The van der Waals surface area contributed by atoms with Crippen LogP contribution in [0.1, 0.15) is 37.6 Å². The van der Waals surface area contributed by atoms with E-state index in [1.165, 1.54) is 12.5 Å². The molecule has 0 saturated carbocycles. The summed E-state index contributed by atoms with van der Waals surface area (Å²) in [4.78, 5) is 36.9. The number of Topliss-reactive ketones (excluding diaryl/α,β-unsaturated/α-hetero) is 1. The van der Waals surface area contributed by atoms with Crippen molar-refractivity contribution >= 4 is 38.9 Å². The fraction of sp³-hybridized carbons (Fsp3) is 0.421. The molecular formula is C19H23N3O6S2. The van der Waals surface area contributed by atoms with Crippen LogP contribution in [0, 0.1) is 6.92 Å². The first kappa shape index (κ1) is 22.3. The summed E-state index contributed by atoms with van der Waals surface area (Å²) in [6.07, 6.45) is 2.18. The molecule has 2 aromatic rings. The van der Waals surface area contributed by atoms with Gasteiger partial charge in [-0.15, -0.1) is 11.8 Å². The highest BCUT2D eigenvalue weighted by Crippen LogP contribution is 2.34. The Hall–Kier alpha value is -2.37. The molecule has 0 saturated heterocycles. The minimum atomic E-state index is -3.83. The average molecular weight is 454 g/mol. The number of nitrogens with one attached hydrogen (secondary N) is 2. The minimum absolute atomic E-state index is 0.0323. The molecule has 1 aliphatic rings. The maximum atomic E-state index is 12.6. The van der Waals surface area contributed by atoms with E-state index in [1.807, 2.05) is 19.9 Å². The number of ketones is 1. The van der Waals surface area contributed by atoms with Crippen molar-refractivity contribution in [2.75, 3.05) is 24.2 Å². The number of anilines is 2. The van der Waals surface area contributed by atoms with E-state index >= 15 is 0 Å². The number of furan rings is 1. The van der Waals surface area contributed by atoms with E-state index in [2.05, 4.69) is 10.6 Å². The Labute approximate surface area is 178 Å². The molecule has 0 aliphatic carbocycles. The number of nitrogens with zero attached hydrogens (tertiary/aromatic N) is 1. The number of hydrogen-bond acceptors (Lipinski definition) is 9. The van der Waals surface area contributed by atoms with Crippen LogP contribution in [0.4, 0.5) is 11.4 Å². The average Bonchev–Trinajstić information content (AvgIpc) is 3.32. The molecular weight excluding hydrogens is 430 g/mol. The van der Waals surface area contributed by atoms with Gasteiger partial charge in [0, 0.05) is 13.6 Å². The summed E-state index contributed by atoms with van der Waals surface area (Å²) in [5.41, 5.74) is -0.571. The first-order valence-corrected chi connectivity index (χ1v) is 11.8.